The van der Waals surface area contributed by atoms with Crippen molar-refractivity contribution in [2.45, 2.75) is 19.8 Å². The minimum Gasteiger partial charge on any atom is -0.506 e. The Morgan fingerprint density at radius 2 is 1.86 bits per heavy atom. The van der Waals surface area contributed by atoms with Gasteiger partial charge in [0.1, 0.15) is 17.1 Å². The number of benzene rings is 2. The Morgan fingerprint density at radius 3 is 2.52 bits per heavy atom. The number of barbiturate groups is 1. The van der Waals surface area contributed by atoms with Gasteiger partial charge in [-0.3, -0.25) is 14.9 Å². The first-order valence-corrected chi connectivity index (χ1v) is 9.41. The van der Waals surface area contributed by atoms with E-state index in [0.29, 0.717) is 23.6 Å². The van der Waals surface area contributed by atoms with Crippen LogP contribution in [0.5, 0.6) is 11.5 Å². The number of carbonyl (C=O) groups is 3. The van der Waals surface area contributed by atoms with Crippen LogP contribution >= 0.6 is 11.6 Å². The first-order chi connectivity index (χ1) is 13.9. The van der Waals surface area contributed by atoms with Gasteiger partial charge in [-0.25, -0.2) is 9.69 Å². The number of amides is 4. The zero-order chi connectivity index (χ0) is 21.0. The van der Waals surface area contributed by atoms with Gasteiger partial charge in [-0.2, -0.15) is 0 Å². The van der Waals surface area contributed by atoms with Crippen LogP contribution in [-0.2, 0) is 9.59 Å². The number of aromatic hydroxyl groups is 1. The molecule has 1 heterocycles. The van der Waals surface area contributed by atoms with E-state index in [1.807, 2.05) is 0 Å². The van der Waals surface area contributed by atoms with Crippen LogP contribution in [0.15, 0.2) is 48.0 Å². The lowest BCUT2D eigenvalue weighted by molar-refractivity contribution is -0.122. The van der Waals surface area contributed by atoms with Crippen molar-refractivity contribution >= 4 is 41.2 Å². The van der Waals surface area contributed by atoms with Crippen molar-refractivity contribution in [3.8, 4) is 11.5 Å². The average Bonchev–Trinajstić information content (AvgIpc) is 2.69. The number of carbonyl (C=O) groups excluding carboxylic acids is 3. The topological polar surface area (TPSA) is 95.9 Å². The molecule has 0 unspecified atom stereocenters. The van der Waals surface area contributed by atoms with Crippen LogP contribution in [-0.4, -0.2) is 29.6 Å². The third-order valence-corrected chi connectivity index (χ3v) is 4.55. The summed E-state index contributed by atoms with van der Waals surface area (Å²) in [5, 5.41) is 11.7. The van der Waals surface area contributed by atoms with Gasteiger partial charge in [-0.05, 0) is 54.5 Å². The molecule has 1 aliphatic rings. The molecule has 7 nitrogen and oxygen atoms in total. The molecule has 2 aromatic carbocycles. The molecule has 1 saturated heterocycles. The van der Waals surface area contributed by atoms with Gasteiger partial charge in [0.2, 0.25) is 0 Å². The summed E-state index contributed by atoms with van der Waals surface area (Å²) in [5.41, 5.74) is 0.507. The number of rotatable bonds is 6. The molecule has 4 amide bonds. The normalized spacial score (nSPS) is 15.6. The summed E-state index contributed by atoms with van der Waals surface area (Å²) in [5.74, 6) is -1.06. The molecule has 1 fully saturated rings. The summed E-state index contributed by atoms with van der Waals surface area (Å²) in [7, 11) is 0. The lowest BCUT2D eigenvalue weighted by Gasteiger charge is -2.26. The van der Waals surface area contributed by atoms with E-state index in [0.717, 1.165) is 17.7 Å². The number of hydrogen-bond acceptors (Lipinski definition) is 5. The van der Waals surface area contributed by atoms with Crippen LogP contribution in [0.25, 0.3) is 6.08 Å². The first-order valence-electron chi connectivity index (χ1n) is 9.03. The van der Waals surface area contributed by atoms with E-state index in [9.17, 15) is 19.5 Å². The molecule has 0 bridgehead atoms. The second-order valence-electron chi connectivity index (χ2n) is 6.36. The Hall–Kier alpha value is -3.32. The van der Waals surface area contributed by atoms with E-state index < -0.39 is 17.8 Å². The minimum absolute atomic E-state index is 0.0783. The van der Waals surface area contributed by atoms with Crippen LogP contribution in [0.1, 0.15) is 25.3 Å². The quantitative estimate of drug-likeness (QED) is 0.424. The fraction of sp³-hybridized carbons (Fsp3) is 0.190. The van der Waals surface area contributed by atoms with Crippen molar-refractivity contribution in [1.29, 1.82) is 0 Å². The lowest BCUT2D eigenvalue weighted by Crippen LogP contribution is -2.54. The fourth-order valence-corrected chi connectivity index (χ4v) is 2.89. The Kier molecular flexibility index (Phi) is 6.19. The maximum Gasteiger partial charge on any atom is 0.335 e. The van der Waals surface area contributed by atoms with E-state index in [1.165, 1.54) is 24.3 Å². The summed E-state index contributed by atoms with van der Waals surface area (Å²) < 4.78 is 5.58. The molecule has 0 radical (unpaired) electrons. The second-order valence-corrected chi connectivity index (χ2v) is 6.77. The van der Waals surface area contributed by atoms with Crippen molar-refractivity contribution in [2.75, 3.05) is 11.5 Å². The molecule has 0 spiro atoms. The number of nitrogens with one attached hydrogen (secondary N) is 1. The zero-order valence-corrected chi connectivity index (χ0v) is 16.4. The molecular weight excluding hydrogens is 396 g/mol. The van der Waals surface area contributed by atoms with Crippen molar-refractivity contribution in [1.82, 2.24) is 5.32 Å². The molecule has 150 valence electrons. The highest BCUT2D eigenvalue weighted by atomic mass is 35.5. The molecular formula is C21H19ClN2O5. The number of urea groups is 1. The molecule has 8 heteroatoms. The summed E-state index contributed by atoms with van der Waals surface area (Å²) in [6, 6.07) is 9.88. The monoisotopic (exact) mass is 414 g/mol. The molecule has 1 aliphatic heterocycles. The number of phenols is 1. The number of hydrogen-bond donors (Lipinski definition) is 2. The number of halogens is 1. The van der Waals surface area contributed by atoms with Crippen molar-refractivity contribution in [3.05, 3.63) is 58.6 Å². The second kappa shape index (κ2) is 8.79. The molecule has 0 saturated carbocycles. The van der Waals surface area contributed by atoms with Crippen molar-refractivity contribution < 1.29 is 24.2 Å². The average molecular weight is 415 g/mol. The van der Waals surface area contributed by atoms with Crippen LogP contribution in [0, 0.1) is 0 Å². The third-order valence-electron chi connectivity index (χ3n) is 4.25. The number of phenolic OH excluding ortho intramolecular Hbond substituents is 1. The molecule has 3 rings (SSSR count). The standard InChI is InChI=1S/C21H19ClN2O5/c1-2-3-10-29-15-7-5-14(6-8-15)24-20(27)16(19(26)23-21(24)28)11-13-4-9-18(25)17(22)12-13/h4-9,11-12,25H,2-3,10H2,1H3,(H,23,26,28)/b16-11-. The van der Waals surface area contributed by atoms with Crippen LogP contribution in [0.3, 0.4) is 0 Å². The third kappa shape index (κ3) is 4.57. The van der Waals surface area contributed by atoms with Gasteiger partial charge in [0.25, 0.3) is 11.8 Å². The van der Waals surface area contributed by atoms with Gasteiger partial charge < -0.3 is 9.84 Å². The van der Waals surface area contributed by atoms with Gasteiger partial charge in [-0.1, -0.05) is 31.0 Å². The summed E-state index contributed by atoms with van der Waals surface area (Å²) in [6.45, 7) is 2.64. The van der Waals surface area contributed by atoms with Crippen LogP contribution in [0.2, 0.25) is 5.02 Å². The fourth-order valence-electron chi connectivity index (χ4n) is 2.70. The van der Waals surface area contributed by atoms with Gasteiger partial charge in [0.05, 0.1) is 17.3 Å². The minimum atomic E-state index is -0.833. The summed E-state index contributed by atoms with van der Waals surface area (Å²) in [4.78, 5) is 38.2. The van der Waals surface area contributed by atoms with Crippen molar-refractivity contribution in [3.63, 3.8) is 0 Å². The molecule has 2 N–H and O–H groups in total. The van der Waals surface area contributed by atoms with Crippen LogP contribution in [0.4, 0.5) is 10.5 Å². The lowest BCUT2D eigenvalue weighted by atomic mass is 10.1. The van der Waals surface area contributed by atoms with E-state index in [-0.39, 0.29) is 16.3 Å². The predicted molar refractivity (Wildman–Crippen MR) is 109 cm³/mol. The van der Waals surface area contributed by atoms with E-state index in [4.69, 9.17) is 16.3 Å². The van der Waals surface area contributed by atoms with Gasteiger partial charge in [-0.15, -0.1) is 0 Å². The molecule has 2 aromatic rings. The van der Waals surface area contributed by atoms with E-state index in [2.05, 4.69) is 12.2 Å². The Morgan fingerprint density at radius 1 is 1.14 bits per heavy atom. The maximum atomic E-state index is 12.9. The highest BCUT2D eigenvalue weighted by molar-refractivity contribution is 6.39. The van der Waals surface area contributed by atoms with Crippen molar-refractivity contribution in [2.24, 2.45) is 0 Å². The highest BCUT2D eigenvalue weighted by Crippen LogP contribution is 2.27. The molecule has 0 aliphatic carbocycles. The number of unbranched alkanes of at least 4 members (excludes halogenated alkanes) is 1. The Bertz CT molecular complexity index is 985. The predicted octanol–water partition coefficient (Wildman–Crippen LogP) is 3.89. The SMILES string of the molecule is CCCCOc1ccc(N2C(=O)NC(=O)/C(=C/c3ccc(O)c(Cl)c3)C2=O)cc1. The van der Waals surface area contributed by atoms with Gasteiger partial charge in [0, 0.05) is 0 Å². The van der Waals surface area contributed by atoms with E-state index >= 15 is 0 Å². The zero-order valence-electron chi connectivity index (χ0n) is 15.6. The molecule has 29 heavy (non-hydrogen) atoms. The first kappa shape index (κ1) is 20.4. The van der Waals surface area contributed by atoms with Gasteiger partial charge in [0.15, 0.2) is 0 Å². The number of ether oxygens (including phenoxy) is 1. The number of imide groups is 2. The molecule has 0 atom stereocenters. The summed E-state index contributed by atoms with van der Waals surface area (Å²) in [6.07, 6.45) is 3.24. The Balaban J connectivity index is 1.86. The Labute approximate surface area is 172 Å². The number of anilines is 1. The highest BCUT2D eigenvalue weighted by Gasteiger charge is 2.36. The van der Waals surface area contributed by atoms with Crippen LogP contribution < -0.4 is 15.0 Å². The molecule has 0 aromatic heterocycles. The summed E-state index contributed by atoms with van der Waals surface area (Å²) >= 11 is 5.87. The largest absolute Gasteiger partial charge is 0.506 e. The van der Waals surface area contributed by atoms with E-state index in [1.54, 1.807) is 24.3 Å². The maximum absolute atomic E-state index is 12.9. The number of nitrogens with zero attached hydrogens (tertiary/aromatic N) is 1. The van der Waals surface area contributed by atoms with Gasteiger partial charge >= 0.3 is 6.03 Å². The smallest absolute Gasteiger partial charge is 0.335 e.